The molecule has 8 heteroatoms. The number of benzene rings is 1. The van der Waals surface area contributed by atoms with Gasteiger partial charge < -0.3 is 0 Å². The molecule has 104 valence electrons. The number of halogens is 1. The molecule has 2 rings (SSSR count). The Morgan fingerprint density at radius 3 is 2.58 bits per heavy atom. The van der Waals surface area contributed by atoms with Crippen molar-refractivity contribution in [2.75, 3.05) is 4.72 Å². The summed E-state index contributed by atoms with van der Waals surface area (Å²) in [6.45, 7) is 4.09. The number of fused-ring (bicyclic) bond motifs is 1. The second-order valence-corrected chi connectivity index (χ2v) is 6.34. The minimum Gasteiger partial charge on any atom is -0.265 e. The first-order valence-electron chi connectivity index (χ1n) is 5.66. The lowest BCUT2D eigenvalue weighted by atomic mass is 10.0. The van der Waals surface area contributed by atoms with Crippen molar-refractivity contribution < 1.29 is 8.42 Å². The molecule has 0 radical (unpaired) electrons. The van der Waals surface area contributed by atoms with Crippen molar-refractivity contribution >= 4 is 38.5 Å². The number of aryl methyl sites for hydroxylation is 1. The highest BCUT2D eigenvalue weighted by atomic mass is 35.5. The average molecular weight is 303 g/mol. The van der Waals surface area contributed by atoms with Crippen molar-refractivity contribution in [3.05, 3.63) is 22.7 Å². The Balaban J connectivity index is 2.80. The molecule has 1 aromatic heterocycles. The summed E-state index contributed by atoms with van der Waals surface area (Å²) in [4.78, 5) is 0. The number of nitrogens with two attached hydrogens (primary N) is 1. The van der Waals surface area contributed by atoms with Crippen molar-refractivity contribution in [1.82, 2.24) is 9.78 Å². The Labute approximate surface area is 116 Å². The highest BCUT2D eigenvalue weighted by Gasteiger charge is 2.19. The molecule has 0 aliphatic heterocycles. The smallest absolute Gasteiger partial charge is 0.265 e. The molecule has 0 atom stereocenters. The van der Waals surface area contributed by atoms with E-state index in [0.717, 1.165) is 11.1 Å². The van der Waals surface area contributed by atoms with E-state index in [1.54, 1.807) is 17.8 Å². The number of aromatic nitrogens is 2. The quantitative estimate of drug-likeness (QED) is 0.908. The van der Waals surface area contributed by atoms with Gasteiger partial charge in [0.15, 0.2) is 5.82 Å². The van der Waals surface area contributed by atoms with Crippen LogP contribution in [-0.2, 0) is 17.3 Å². The van der Waals surface area contributed by atoms with Crippen LogP contribution in [0.25, 0.3) is 10.9 Å². The van der Waals surface area contributed by atoms with Crippen LogP contribution in [-0.4, -0.2) is 18.2 Å². The normalized spacial score (nSPS) is 12.3. The first kappa shape index (κ1) is 14.1. The second-order valence-electron chi connectivity index (χ2n) is 4.63. The van der Waals surface area contributed by atoms with Gasteiger partial charge in [-0.3, -0.25) is 9.40 Å². The van der Waals surface area contributed by atoms with Crippen molar-refractivity contribution in [3.8, 4) is 0 Å². The van der Waals surface area contributed by atoms with Gasteiger partial charge in [0.25, 0.3) is 10.2 Å². The van der Waals surface area contributed by atoms with E-state index < -0.39 is 10.2 Å². The van der Waals surface area contributed by atoms with E-state index in [9.17, 15) is 8.42 Å². The fourth-order valence-corrected chi connectivity index (χ4v) is 2.73. The van der Waals surface area contributed by atoms with Crippen molar-refractivity contribution in [3.63, 3.8) is 0 Å². The zero-order valence-corrected chi connectivity index (χ0v) is 12.4. The zero-order chi connectivity index (χ0) is 14.4. The minimum atomic E-state index is -3.89. The van der Waals surface area contributed by atoms with E-state index in [4.69, 9.17) is 16.7 Å². The van der Waals surface area contributed by atoms with Gasteiger partial charge in [-0.1, -0.05) is 31.5 Å². The van der Waals surface area contributed by atoms with Gasteiger partial charge in [-0.05, 0) is 17.5 Å². The SMILES string of the molecule is CC(C)c1ccc(Cl)c2c(NS(N)(=O)=O)nn(C)c12. The first-order chi connectivity index (χ1) is 8.70. The Hall–Kier alpha value is -1.31. The topological polar surface area (TPSA) is 90.0 Å². The summed E-state index contributed by atoms with van der Waals surface area (Å²) in [5.74, 6) is 0.407. The first-order valence-corrected chi connectivity index (χ1v) is 7.58. The molecule has 2 aromatic rings. The molecule has 1 aromatic carbocycles. The van der Waals surface area contributed by atoms with E-state index in [1.165, 1.54) is 0 Å². The van der Waals surface area contributed by atoms with E-state index in [1.807, 2.05) is 19.9 Å². The predicted octanol–water partition coefficient (Wildman–Crippen LogP) is 1.97. The molecule has 0 unspecified atom stereocenters. The molecule has 6 nitrogen and oxygen atoms in total. The lowest BCUT2D eigenvalue weighted by Crippen LogP contribution is -2.22. The fourth-order valence-electron chi connectivity index (χ4n) is 2.08. The number of nitrogens with zero attached hydrogens (tertiary/aromatic N) is 2. The molecule has 0 amide bonds. The van der Waals surface area contributed by atoms with Gasteiger partial charge in [-0.25, -0.2) is 5.14 Å². The van der Waals surface area contributed by atoms with Crippen LogP contribution in [0.15, 0.2) is 12.1 Å². The second kappa shape index (κ2) is 4.66. The summed E-state index contributed by atoms with van der Waals surface area (Å²) in [6, 6.07) is 3.65. The summed E-state index contributed by atoms with van der Waals surface area (Å²) < 4.78 is 26.1. The summed E-state index contributed by atoms with van der Waals surface area (Å²) in [5.41, 5.74) is 1.84. The average Bonchev–Trinajstić information content (AvgIpc) is 2.54. The maximum absolute atomic E-state index is 11.2. The van der Waals surface area contributed by atoms with Crippen LogP contribution in [0.1, 0.15) is 25.3 Å². The lowest BCUT2D eigenvalue weighted by Gasteiger charge is -2.09. The largest absolute Gasteiger partial charge is 0.297 e. The number of hydrogen-bond donors (Lipinski definition) is 2. The van der Waals surface area contributed by atoms with Gasteiger partial charge in [0, 0.05) is 7.05 Å². The van der Waals surface area contributed by atoms with Crippen LogP contribution in [0.4, 0.5) is 5.82 Å². The maximum Gasteiger partial charge on any atom is 0.297 e. The van der Waals surface area contributed by atoms with Crippen LogP contribution in [0.2, 0.25) is 5.02 Å². The van der Waals surface area contributed by atoms with E-state index in [0.29, 0.717) is 10.4 Å². The summed E-state index contributed by atoms with van der Waals surface area (Å²) in [5, 5.41) is 10.1. The Morgan fingerprint density at radius 2 is 2.05 bits per heavy atom. The van der Waals surface area contributed by atoms with Crippen molar-refractivity contribution in [1.29, 1.82) is 0 Å². The van der Waals surface area contributed by atoms with E-state index >= 15 is 0 Å². The Kier molecular flexibility index (Phi) is 3.46. The Bertz CT molecular complexity index is 737. The Morgan fingerprint density at radius 1 is 1.42 bits per heavy atom. The van der Waals surface area contributed by atoms with Crippen LogP contribution < -0.4 is 9.86 Å². The molecule has 0 bridgehead atoms. The summed E-state index contributed by atoms with van der Waals surface area (Å²) in [6.07, 6.45) is 0. The molecule has 0 saturated carbocycles. The van der Waals surface area contributed by atoms with Gasteiger partial charge in [0.05, 0.1) is 15.9 Å². The zero-order valence-electron chi connectivity index (χ0n) is 10.8. The third-order valence-corrected chi connectivity index (χ3v) is 3.62. The van der Waals surface area contributed by atoms with Gasteiger partial charge in [-0.2, -0.15) is 13.5 Å². The number of nitrogens with one attached hydrogen (secondary N) is 1. The monoisotopic (exact) mass is 302 g/mol. The molecule has 0 spiro atoms. The highest BCUT2D eigenvalue weighted by Crippen LogP contribution is 2.35. The summed E-state index contributed by atoms with van der Waals surface area (Å²) >= 11 is 6.15. The van der Waals surface area contributed by atoms with Gasteiger partial charge >= 0.3 is 0 Å². The number of rotatable bonds is 3. The van der Waals surface area contributed by atoms with Gasteiger partial charge in [0.1, 0.15) is 0 Å². The molecule has 0 aliphatic carbocycles. The molecule has 0 aliphatic rings. The van der Waals surface area contributed by atoms with Gasteiger partial charge in [-0.15, -0.1) is 0 Å². The van der Waals surface area contributed by atoms with Crippen LogP contribution >= 0.6 is 11.6 Å². The highest BCUT2D eigenvalue weighted by molar-refractivity contribution is 7.90. The predicted molar refractivity (Wildman–Crippen MR) is 76.5 cm³/mol. The van der Waals surface area contributed by atoms with Gasteiger partial charge in [0.2, 0.25) is 0 Å². The molecule has 0 saturated heterocycles. The molecule has 1 heterocycles. The number of hydrogen-bond acceptors (Lipinski definition) is 3. The van der Waals surface area contributed by atoms with Crippen LogP contribution in [0.3, 0.4) is 0 Å². The summed E-state index contributed by atoms with van der Waals surface area (Å²) in [7, 11) is -2.15. The molecular formula is C11H15ClN4O2S. The van der Waals surface area contributed by atoms with E-state index in [2.05, 4.69) is 9.82 Å². The number of anilines is 1. The molecule has 19 heavy (non-hydrogen) atoms. The molecular weight excluding hydrogens is 288 g/mol. The van der Waals surface area contributed by atoms with E-state index in [-0.39, 0.29) is 11.7 Å². The van der Waals surface area contributed by atoms with Crippen molar-refractivity contribution in [2.45, 2.75) is 19.8 Å². The third-order valence-electron chi connectivity index (χ3n) is 2.83. The lowest BCUT2D eigenvalue weighted by molar-refractivity contribution is 0.602. The minimum absolute atomic E-state index is 0.146. The van der Waals surface area contributed by atoms with Crippen LogP contribution in [0.5, 0.6) is 0 Å². The molecule has 0 fully saturated rings. The van der Waals surface area contributed by atoms with Crippen LogP contribution in [0, 0.1) is 0 Å². The fraction of sp³-hybridized carbons (Fsp3) is 0.364. The van der Waals surface area contributed by atoms with Crippen molar-refractivity contribution in [2.24, 2.45) is 12.2 Å². The standard InChI is InChI=1S/C11H15ClN4O2S/c1-6(2)7-4-5-8(12)9-10(7)16(3)14-11(9)15-19(13,17)18/h4-6H,1-3H3,(H,14,15)(H2,13,17,18). The maximum atomic E-state index is 11.2. The molecule has 3 N–H and O–H groups in total. The third kappa shape index (κ3) is 2.68.